The molecule has 2 aliphatic rings. The number of carbonyl (C=O) groups excluding carboxylic acids is 1. The van der Waals surface area contributed by atoms with Crippen molar-refractivity contribution >= 4 is 38.2 Å². The van der Waals surface area contributed by atoms with Gasteiger partial charge in [-0.2, -0.15) is 0 Å². The van der Waals surface area contributed by atoms with Gasteiger partial charge in [0.05, 0.1) is 11.4 Å². The van der Waals surface area contributed by atoms with Gasteiger partial charge in [-0.15, -0.1) is 0 Å². The normalized spacial score (nSPS) is 17.1. The molecule has 1 saturated heterocycles. The second-order valence-corrected chi connectivity index (χ2v) is 8.92. The molecule has 0 radical (unpaired) electrons. The van der Waals surface area contributed by atoms with E-state index >= 15 is 0 Å². The standard InChI is InChI=1S/C20H18N4O3S/c21-19-15-4-2-13(20(25)24-6-1-7-24)9-16(15)17(10-22-19)12-3-5-18-14(8-12)11-28(26,27)23-18/h2-5,8-10,23H,1,6-7,11H2,(H2,21,22). The molecule has 0 atom stereocenters. The molecule has 0 aliphatic carbocycles. The first-order valence-electron chi connectivity index (χ1n) is 9.03. The largest absolute Gasteiger partial charge is 0.383 e. The van der Waals surface area contributed by atoms with E-state index in [1.165, 1.54) is 0 Å². The van der Waals surface area contributed by atoms with Crippen LogP contribution in [0.4, 0.5) is 11.5 Å². The van der Waals surface area contributed by atoms with Gasteiger partial charge in [-0.3, -0.25) is 9.52 Å². The third kappa shape index (κ3) is 2.68. The summed E-state index contributed by atoms with van der Waals surface area (Å²) in [5.74, 6) is 0.362. The van der Waals surface area contributed by atoms with Crippen molar-refractivity contribution < 1.29 is 13.2 Å². The summed E-state index contributed by atoms with van der Waals surface area (Å²) in [6.07, 6.45) is 2.71. The molecule has 1 aromatic heterocycles. The Morgan fingerprint density at radius 2 is 1.93 bits per heavy atom. The average molecular weight is 394 g/mol. The molecule has 28 heavy (non-hydrogen) atoms. The molecule has 142 valence electrons. The van der Waals surface area contributed by atoms with Crippen LogP contribution in [0.1, 0.15) is 22.3 Å². The Kier molecular flexibility index (Phi) is 3.60. The molecule has 0 unspecified atom stereocenters. The second kappa shape index (κ2) is 5.93. The summed E-state index contributed by atoms with van der Waals surface area (Å²) in [6, 6.07) is 10.9. The quantitative estimate of drug-likeness (QED) is 0.695. The monoisotopic (exact) mass is 394 g/mol. The number of hydrogen-bond donors (Lipinski definition) is 2. The lowest BCUT2D eigenvalue weighted by Gasteiger charge is -2.31. The highest BCUT2D eigenvalue weighted by atomic mass is 32.2. The number of amides is 1. The number of nitrogens with one attached hydrogen (secondary N) is 1. The maximum absolute atomic E-state index is 12.6. The molecule has 1 fully saturated rings. The highest BCUT2D eigenvalue weighted by molar-refractivity contribution is 7.92. The molecule has 1 amide bonds. The van der Waals surface area contributed by atoms with Crippen LogP contribution in [0.25, 0.3) is 21.9 Å². The Labute approximate surface area is 162 Å². The second-order valence-electron chi connectivity index (χ2n) is 7.20. The van der Waals surface area contributed by atoms with Crippen LogP contribution >= 0.6 is 0 Å². The van der Waals surface area contributed by atoms with E-state index in [0.29, 0.717) is 17.1 Å². The van der Waals surface area contributed by atoms with Gasteiger partial charge in [0.15, 0.2) is 0 Å². The lowest BCUT2D eigenvalue weighted by Crippen LogP contribution is -2.41. The molecular formula is C20H18N4O3S. The van der Waals surface area contributed by atoms with Gasteiger partial charge in [0.25, 0.3) is 5.91 Å². The number of nitrogen functional groups attached to an aromatic ring is 1. The first kappa shape index (κ1) is 17.0. The Hall–Kier alpha value is -3.13. The van der Waals surface area contributed by atoms with E-state index in [9.17, 15) is 13.2 Å². The van der Waals surface area contributed by atoms with Gasteiger partial charge in [-0.25, -0.2) is 13.4 Å². The van der Waals surface area contributed by atoms with Gasteiger partial charge in [-0.1, -0.05) is 6.07 Å². The fourth-order valence-electron chi connectivity index (χ4n) is 3.72. The SMILES string of the molecule is Nc1ncc(-c2ccc3c(c2)CS(=O)(=O)N3)c2cc(C(=O)N3CCC3)ccc12. The van der Waals surface area contributed by atoms with Crippen LogP contribution in [0.2, 0.25) is 0 Å². The highest BCUT2D eigenvalue weighted by Gasteiger charge is 2.25. The maximum Gasteiger partial charge on any atom is 0.253 e. The number of nitrogens with zero attached hydrogens (tertiary/aromatic N) is 2. The van der Waals surface area contributed by atoms with Gasteiger partial charge in [0.1, 0.15) is 5.82 Å². The van der Waals surface area contributed by atoms with Gasteiger partial charge in [0, 0.05) is 35.8 Å². The van der Waals surface area contributed by atoms with E-state index in [1.807, 2.05) is 29.2 Å². The summed E-state index contributed by atoms with van der Waals surface area (Å²) in [4.78, 5) is 18.7. The zero-order chi connectivity index (χ0) is 19.5. The lowest BCUT2D eigenvalue weighted by atomic mass is 9.96. The Morgan fingerprint density at radius 3 is 2.68 bits per heavy atom. The predicted molar refractivity (Wildman–Crippen MR) is 108 cm³/mol. The zero-order valence-corrected chi connectivity index (χ0v) is 15.8. The number of anilines is 2. The highest BCUT2D eigenvalue weighted by Crippen LogP contribution is 2.36. The molecule has 2 aliphatic heterocycles. The molecular weight excluding hydrogens is 376 g/mol. The van der Waals surface area contributed by atoms with E-state index < -0.39 is 10.0 Å². The topological polar surface area (TPSA) is 105 Å². The first-order chi connectivity index (χ1) is 13.4. The van der Waals surface area contributed by atoms with Crippen molar-refractivity contribution in [2.75, 3.05) is 23.5 Å². The number of hydrogen-bond acceptors (Lipinski definition) is 5. The van der Waals surface area contributed by atoms with E-state index in [0.717, 1.165) is 47.0 Å². The minimum atomic E-state index is -3.31. The summed E-state index contributed by atoms with van der Waals surface area (Å²) >= 11 is 0. The first-order valence-corrected chi connectivity index (χ1v) is 10.7. The molecule has 0 bridgehead atoms. The Morgan fingerprint density at radius 1 is 1.11 bits per heavy atom. The van der Waals surface area contributed by atoms with Gasteiger partial charge in [-0.05, 0) is 53.3 Å². The van der Waals surface area contributed by atoms with Gasteiger partial charge in [0.2, 0.25) is 10.0 Å². The number of nitrogens with two attached hydrogens (primary N) is 1. The summed E-state index contributed by atoms with van der Waals surface area (Å²) in [7, 11) is -3.31. The molecule has 3 heterocycles. The third-order valence-electron chi connectivity index (χ3n) is 5.34. The molecule has 3 N–H and O–H groups in total. The fraction of sp³-hybridized carbons (Fsp3) is 0.200. The van der Waals surface area contributed by atoms with Crippen LogP contribution in [0.3, 0.4) is 0 Å². The Bertz CT molecular complexity index is 1250. The van der Waals surface area contributed by atoms with Crippen molar-refractivity contribution in [1.82, 2.24) is 9.88 Å². The zero-order valence-electron chi connectivity index (χ0n) is 15.0. The number of sulfonamides is 1. The van der Waals surface area contributed by atoms with Crippen LogP contribution in [0.15, 0.2) is 42.6 Å². The lowest BCUT2D eigenvalue weighted by molar-refractivity contribution is 0.0652. The van der Waals surface area contributed by atoms with Crippen molar-refractivity contribution in [2.45, 2.75) is 12.2 Å². The van der Waals surface area contributed by atoms with Crippen LogP contribution in [0, 0.1) is 0 Å². The van der Waals surface area contributed by atoms with E-state index in [-0.39, 0.29) is 11.7 Å². The summed E-state index contributed by atoms with van der Waals surface area (Å²) in [6.45, 7) is 1.57. The molecule has 0 saturated carbocycles. The summed E-state index contributed by atoms with van der Waals surface area (Å²) in [5, 5.41) is 1.59. The number of aromatic nitrogens is 1. The van der Waals surface area contributed by atoms with Crippen LogP contribution in [0.5, 0.6) is 0 Å². The van der Waals surface area contributed by atoms with Crippen molar-refractivity contribution in [1.29, 1.82) is 0 Å². The molecule has 0 spiro atoms. The summed E-state index contributed by atoms with van der Waals surface area (Å²) < 4.78 is 26.2. The molecule has 3 aromatic rings. The third-order valence-corrected chi connectivity index (χ3v) is 6.56. The van der Waals surface area contributed by atoms with Crippen LogP contribution in [-0.2, 0) is 15.8 Å². The molecule has 2 aromatic carbocycles. The Balaban J connectivity index is 1.65. The van der Waals surface area contributed by atoms with Crippen molar-refractivity contribution in [3.63, 3.8) is 0 Å². The van der Waals surface area contributed by atoms with Crippen molar-refractivity contribution in [2.24, 2.45) is 0 Å². The predicted octanol–water partition coefficient (Wildman–Crippen LogP) is 2.59. The van der Waals surface area contributed by atoms with Crippen molar-refractivity contribution in [3.8, 4) is 11.1 Å². The smallest absolute Gasteiger partial charge is 0.253 e. The van der Waals surface area contributed by atoms with Gasteiger partial charge < -0.3 is 10.6 Å². The van der Waals surface area contributed by atoms with E-state index in [1.54, 1.807) is 18.3 Å². The number of rotatable bonds is 2. The van der Waals surface area contributed by atoms with E-state index in [2.05, 4.69) is 9.71 Å². The summed E-state index contributed by atoms with van der Waals surface area (Å²) in [5.41, 5.74) is 9.64. The van der Waals surface area contributed by atoms with E-state index in [4.69, 9.17) is 5.73 Å². The number of pyridine rings is 1. The number of benzene rings is 2. The maximum atomic E-state index is 12.6. The minimum absolute atomic E-state index is 0.0127. The van der Waals surface area contributed by atoms with Crippen LogP contribution in [-0.4, -0.2) is 37.3 Å². The molecule has 8 heteroatoms. The number of carbonyl (C=O) groups is 1. The van der Waals surface area contributed by atoms with Crippen molar-refractivity contribution in [3.05, 3.63) is 53.7 Å². The molecule has 7 nitrogen and oxygen atoms in total. The number of fused-ring (bicyclic) bond motifs is 2. The number of likely N-dealkylation sites (tertiary alicyclic amines) is 1. The molecule has 5 rings (SSSR count). The van der Waals surface area contributed by atoms with Gasteiger partial charge >= 0.3 is 0 Å². The average Bonchev–Trinajstić information content (AvgIpc) is 2.93. The van der Waals surface area contributed by atoms with Crippen LogP contribution < -0.4 is 10.5 Å². The fourth-order valence-corrected chi connectivity index (χ4v) is 4.97. The minimum Gasteiger partial charge on any atom is -0.383 e.